The fourth-order valence-electron chi connectivity index (χ4n) is 1.13. The van der Waals surface area contributed by atoms with Crippen LogP contribution in [0.15, 0.2) is 10.9 Å². The molecule has 0 saturated heterocycles. The molecule has 68 valence electrons. The molecule has 0 aliphatic rings. The molecule has 2 aromatic heterocycles. The van der Waals surface area contributed by atoms with E-state index < -0.39 is 0 Å². The fraction of sp³-hybridized carbons (Fsp3) is 0.250. The van der Waals surface area contributed by atoms with Gasteiger partial charge in [0, 0.05) is 4.88 Å². The minimum absolute atomic E-state index is 0.155. The maximum absolute atomic E-state index is 11.4. The highest BCUT2D eigenvalue weighted by molar-refractivity contribution is 7.18. The molecule has 0 unspecified atom stereocenters. The van der Waals surface area contributed by atoms with Crippen molar-refractivity contribution in [3.63, 3.8) is 0 Å². The van der Waals surface area contributed by atoms with E-state index in [4.69, 9.17) is 11.6 Å². The molecular formula is C8H7ClN2OS. The molecule has 0 amide bonds. The zero-order valence-electron chi connectivity index (χ0n) is 6.93. The second kappa shape index (κ2) is 3.12. The Kier molecular flexibility index (Phi) is 2.09. The number of fused-ring (bicyclic) bond motifs is 1. The van der Waals surface area contributed by atoms with Crippen molar-refractivity contribution in [2.45, 2.75) is 13.3 Å². The van der Waals surface area contributed by atoms with Gasteiger partial charge in [0.15, 0.2) is 0 Å². The lowest BCUT2D eigenvalue weighted by Crippen LogP contribution is -2.05. The van der Waals surface area contributed by atoms with E-state index in [2.05, 4.69) is 9.97 Å². The fourth-order valence-corrected chi connectivity index (χ4v) is 2.32. The average Bonchev–Trinajstić information content (AvgIpc) is 2.47. The van der Waals surface area contributed by atoms with E-state index in [1.807, 2.05) is 13.0 Å². The molecule has 5 heteroatoms. The normalized spacial score (nSPS) is 10.9. The van der Waals surface area contributed by atoms with Gasteiger partial charge in [-0.1, -0.05) is 6.92 Å². The SMILES string of the molecule is CCc1cc2c(=O)[nH]c(Cl)nc2s1. The van der Waals surface area contributed by atoms with E-state index in [9.17, 15) is 4.79 Å². The van der Waals surface area contributed by atoms with Gasteiger partial charge in [-0.05, 0) is 24.1 Å². The van der Waals surface area contributed by atoms with Crippen LogP contribution in [0.5, 0.6) is 0 Å². The molecule has 0 fully saturated rings. The summed E-state index contributed by atoms with van der Waals surface area (Å²) in [6.07, 6.45) is 0.915. The molecule has 1 N–H and O–H groups in total. The van der Waals surface area contributed by atoms with Crippen LogP contribution >= 0.6 is 22.9 Å². The maximum atomic E-state index is 11.4. The van der Waals surface area contributed by atoms with E-state index in [1.54, 1.807) is 0 Å². The Morgan fingerprint density at radius 2 is 2.46 bits per heavy atom. The number of H-pyrrole nitrogens is 1. The van der Waals surface area contributed by atoms with Crippen LogP contribution in [0.2, 0.25) is 5.28 Å². The highest BCUT2D eigenvalue weighted by atomic mass is 35.5. The third-order valence-corrected chi connectivity index (χ3v) is 3.13. The molecule has 2 aromatic rings. The number of halogens is 1. The number of nitrogens with one attached hydrogen (secondary N) is 1. The average molecular weight is 215 g/mol. The van der Waals surface area contributed by atoms with Crippen LogP contribution in [-0.2, 0) is 6.42 Å². The number of hydrogen-bond acceptors (Lipinski definition) is 3. The maximum Gasteiger partial charge on any atom is 0.260 e. The molecule has 2 heterocycles. The van der Waals surface area contributed by atoms with Gasteiger partial charge in [-0.15, -0.1) is 11.3 Å². The second-order valence-electron chi connectivity index (χ2n) is 2.64. The van der Waals surface area contributed by atoms with Crippen molar-refractivity contribution in [3.05, 3.63) is 26.6 Å². The van der Waals surface area contributed by atoms with Crippen molar-refractivity contribution in [2.24, 2.45) is 0 Å². The molecule has 13 heavy (non-hydrogen) atoms. The summed E-state index contributed by atoms with van der Waals surface area (Å²) in [4.78, 5) is 19.7. The lowest BCUT2D eigenvalue weighted by Gasteiger charge is -1.88. The second-order valence-corrected chi connectivity index (χ2v) is 4.12. The summed E-state index contributed by atoms with van der Waals surface area (Å²) in [5.74, 6) is 0. The first-order valence-corrected chi connectivity index (χ1v) is 5.08. The minimum Gasteiger partial charge on any atom is -0.297 e. The lowest BCUT2D eigenvalue weighted by molar-refractivity contribution is 1.17. The number of rotatable bonds is 1. The standard InChI is InChI=1S/C8H7ClN2OS/c1-2-4-3-5-6(12)10-8(9)11-7(5)13-4/h3H,2H2,1H3,(H,10,11,12). The highest BCUT2D eigenvalue weighted by Gasteiger charge is 2.06. The van der Waals surface area contributed by atoms with E-state index >= 15 is 0 Å². The van der Waals surface area contributed by atoms with E-state index in [1.165, 1.54) is 11.3 Å². The largest absolute Gasteiger partial charge is 0.297 e. The number of thiophene rings is 1. The zero-order chi connectivity index (χ0) is 9.42. The Labute approximate surface area is 83.4 Å². The number of aromatic amines is 1. The van der Waals surface area contributed by atoms with Crippen molar-refractivity contribution in [2.75, 3.05) is 0 Å². The molecule has 0 aromatic carbocycles. The Hall–Kier alpha value is -0.870. The summed E-state index contributed by atoms with van der Waals surface area (Å²) < 4.78 is 0. The Morgan fingerprint density at radius 1 is 1.69 bits per heavy atom. The topological polar surface area (TPSA) is 45.8 Å². The third kappa shape index (κ3) is 1.47. The van der Waals surface area contributed by atoms with Gasteiger partial charge in [-0.2, -0.15) is 0 Å². The first kappa shape index (κ1) is 8.72. The van der Waals surface area contributed by atoms with Gasteiger partial charge in [-0.25, -0.2) is 4.98 Å². The van der Waals surface area contributed by atoms with Gasteiger partial charge < -0.3 is 0 Å². The molecule has 0 aliphatic carbocycles. The van der Waals surface area contributed by atoms with Crippen LogP contribution in [0.25, 0.3) is 10.2 Å². The van der Waals surface area contributed by atoms with Crippen molar-refractivity contribution < 1.29 is 0 Å². The predicted octanol–water partition coefficient (Wildman–Crippen LogP) is 2.20. The van der Waals surface area contributed by atoms with Gasteiger partial charge >= 0.3 is 0 Å². The van der Waals surface area contributed by atoms with Crippen LogP contribution < -0.4 is 5.56 Å². The number of aromatic nitrogens is 2. The Morgan fingerprint density at radius 3 is 3.15 bits per heavy atom. The van der Waals surface area contributed by atoms with Crippen LogP contribution in [0, 0.1) is 0 Å². The quantitative estimate of drug-likeness (QED) is 0.740. The molecular weight excluding hydrogens is 208 g/mol. The first-order valence-electron chi connectivity index (χ1n) is 3.89. The molecule has 0 spiro atoms. The molecule has 0 saturated carbocycles. The Bertz CT molecular complexity index is 502. The van der Waals surface area contributed by atoms with E-state index in [-0.39, 0.29) is 10.8 Å². The van der Waals surface area contributed by atoms with Gasteiger partial charge in [0.05, 0.1) is 5.39 Å². The molecule has 0 aliphatic heterocycles. The van der Waals surface area contributed by atoms with Crippen LogP contribution in [0.4, 0.5) is 0 Å². The molecule has 0 radical (unpaired) electrons. The van der Waals surface area contributed by atoms with Crippen LogP contribution in [0.3, 0.4) is 0 Å². The van der Waals surface area contributed by atoms with Gasteiger partial charge in [-0.3, -0.25) is 9.78 Å². The minimum atomic E-state index is -0.161. The van der Waals surface area contributed by atoms with E-state index in [0.29, 0.717) is 10.2 Å². The predicted molar refractivity (Wildman–Crippen MR) is 54.6 cm³/mol. The van der Waals surface area contributed by atoms with Gasteiger partial charge in [0.1, 0.15) is 4.83 Å². The van der Waals surface area contributed by atoms with Crippen molar-refractivity contribution in [1.29, 1.82) is 0 Å². The highest BCUT2D eigenvalue weighted by Crippen LogP contribution is 2.21. The van der Waals surface area contributed by atoms with Crippen LogP contribution in [0.1, 0.15) is 11.8 Å². The summed E-state index contributed by atoms with van der Waals surface area (Å²) in [6, 6.07) is 1.86. The summed E-state index contributed by atoms with van der Waals surface area (Å²) in [5.41, 5.74) is -0.161. The zero-order valence-corrected chi connectivity index (χ0v) is 8.50. The summed E-state index contributed by atoms with van der Waals surface area (Å²) >= 11 is 7.13. The molecule has 2 rings (SSSR count). The monoisotopic (exact) mass is 214 g/mol. The smallest absolute Gasteiger partial charge is 0.260 e. The molecule has 0 atom stereocenters. The first-order chi connectivity index (χ1) is 6.20. The van der Waals surface area contributed by atoms with Crippen LogP contribution in [-0.4, -0.2) is 9.97 Å². The van der Waals surface area contributed by atoms with Gasteiger partial charge in [0.2, 0.25) is 5.28 Å². The van der Waals surface area contributed by atoms with E-state index in [0.717, 1.165) is 11.3 Å². The summed E-state index contributed by atoms with van der Waals surface area (Å²) in [6.45, 7) is 2.04. The molecule has 3 nitrogen and oxygen atoms in total. The summed E-state index contributed by atoms with van der Waals surface area (Å²) in [5, 5.41) is 0.785. The number of hydrogen-bond donors (Lipinski definition) is 1. The lowest BCUT2D eigenvalue weighted by atomic mass is 10.3. The van der Waals surface area contributed by atoms with Crippen molar-refractivity contribution >= 4 is 33.2 Å². The molecule has 0 bridgehead atoms. The summed E-state index contributed by atoms with van der Waals surface area (Å²) in [7, 11) is 0. The van der Waals surface area contributed by atoms with Crippen molar-refractivity contribution in [3.8, 4) is 0 Å². The third-order valence-electron chi connectivity index (χ3n) is 1.77. The Balaban J connectivity index is 2.83. The van der Waals surface area contributed by atoms with Gasteiger partial charge in [0.25, 0.3) is 5.56 Å². The number of nitrogens with zero attached hydrogens (tertiary/aromatic N) is 1. The number of aryl methyl sites for hydroxylation is 1. The van der Waals surface area contributed by atoms with Crippen molar-refractivity contribution in [1.82, 2.24) is 9.97 Å².